The van der Waals surface area contributed by atoms with Crippen molar-refractivity contribution in [3.05, 3.63) is 104 Å². The minimum Gasteiger partial charge on any atom is -0.497 e. The molecule has 0 radical (unpaired) electrons. The molecule has 1 spiro atoms. The molecule has 0 fully saturated rings. The van der Waals surface area contributed by atoms with Gasteiger partial charge in [0, 0.05) is 23.7 Å². The second-order valence-electron chi connectivity index (χ2n) is 9.20. The lowest BCUT2D eigenvalue weighted by molar-refractivity contribution is -0.126. The van der Waals surface area contributed by atoms with E-state index in [9.17, 15) is 14.4 Å². The van der Waals surface area contributed by atoms with E-state index in [1.807, 2.05) is 43.3 Å². The van der Waals surface area contributed by atoms with Gasteiger partial charge in [0.25, 0.3) is 11.8 Å². The predicted molar refractivity (Wildman–Crippen MR) is 140 cm³/mol. The number of methoxy groups -OCH3 is 1. The van der Waals surface area contributed by atoms with Gasteiger partial charge in [0.05, 0.1) is 23.7 Å². The largest absolute Gasteiger partial charge is 0.497 e. The zero-order valence-corrected chi connectivity index (χ0v) is 21.0. The molecule has 1 atom stereocenters. The molecule has 1 aromatic heterocycles. The number of carbonyl (C=O) groups excluding carboxylic acids is 2. The Bertz CT molecular complexity index is 1640. The second kappa shape index (κ2) is 8.49. The normalized spacial score (nSPS) is 18.1. The van der Waals surface area contributed by atoms with Crippen molar-refractivity contribution in [3.63, 3.8) is 0 Å². The number of fused-ring (bicyclic) bond motifs is 5. The predicted octanol–water partition coefficient (Wildman–Crippen LogP) is 5.11. The third-order valence-electron chi connectivity index (χ3n) is 7.14. The van der Waals surface area contributed by atoms with Crippen molar-refractivity contribution < 1.29 is 18.7 Å². The summed E-state index contributed by atoms with van der Waals surface area (Å²) in [4.78, 5) is 45.7. The van der Waals surface area contributed by atoms with Gasteiger partial charge in [-0.1, -0.05) is 48.9 Å². The van der Waals surface area contributed by atoms with Gasteiger partial charge in [-0.25, -0.2) is 0 Å². The van der Waals surface area contributed by atoms with Crippen LogP contribution in [0, 0.1) is 0 Å². The maximum absolute atomic E-state index is 14.4. The molecule has 37 heavy (non-hydrogen) atoms. The molecule has 186 valence electrons. The quantitative estimate of drug-likeness (QED) is 0.370. The second-order valence-corrected chi connectivity index (χ2v) is 9.64. The topological polar surface area (TPSA) is 80.1 Å². The van der Waals surface area contributed by atoms with Gasteiger partial charge in [0.1, 0.15) is 11.3 Å². The van der Waals surface area contributed by atoms with Crippen LogP contribution in [0.2, 0.25) is 5.02 Å². The minimum absolute atomic E-state index is 0.0387. The number of hydrogen-bond donors (Lipinski definition) is 0. The molecule has 0 bridgehead atoms. The van der Waals surface area contributed by atoms with E-state index in [2.05, 4.69) is 0 Å². The van der Waals surface area contributed by atoms with Gasteiger partial charge in [0.15, 0.2) is 11.0 Å². The highest BCUT2D eigenvalue weighted by atomic mass is 35.5. The van der Waals surface area contributed by atoms with Gasteiger partial charge in [-0.3, -0.25) is 14.4 Å². The average molecular weight is 515 g/mol. The molecule has 0 saturated carbocycles. The van der Waals surface area contributed by atoms with Crippen molar-refractivity contribution in [3.8, 4) is 5.75 Å². The van der Waals surface area contributed by atoms with E-state index in [0.717, 1.165) is 5.56 Å². The van der Waals surface area contributed by atoms with Crippen LogP contribution in [0.1, 0.15) is 40.6 Å². The smallest absolute Gasteiger partial charge is 0.291 e. The lowest BCUT2D eigenvalue weighted by atomic mass is 9.83. The van der Waals surface area contributed by atoms with Crippen LogP contribution in [-0.2, 0) is 16.9 Å². The van der Waals surface area contributed by atoms with Gasteiger partial charge < -0.3 is 19.0 Å². The number of ether oxygens (including phenoxy) is 1. The van der Waals surface area contributed by atoms with E-state index >= 15 is 0 Å². The average Bonchev–Trinajstić information content (AvgIpc) is 3.30. The van der Waals surface area contributed by atoms with Crippen LogP contribution in [0.3, 0.4) is 0 Å². The molecule has 2 amide bonds. The Morgan fingerprint density at radius 1 is 1.00 bits per heavy atom. The summed E-state index contributed by atoms with van der Waals surface area (Å²) in [7, 11) is 1.58. The van der Waals surface area contributed by atoms with Gasteiger partial charge >= 0.3 is 0 Å². The summed E-state index contributed by atoms with van der Waals surface area (Å²) in [5.41, 5.74) is 0.230. The van der Waals surface area contributed by atoms with Crippen LogP contribution in [0.5, 0.6) is 5.75 Å². The Morgan fingerprint density at radius 3 is 2.49 bits per heavy atom. The lowest BCUT2D eigenvalue weighted by Gasteiger charge is -2.34. The molecule has 7 nitrogen and oxygen atoms in total. The van der Waals surface area contributed by atoms with Gasteiger partial charge in [-0.15, -0.1) is 0 Å². The van der Waals surface area contributed by atoms with Crippen LogP contribution in [0.25, 0.3) is 11.0 Å². The fourth-order valence-corrected chi connectivity index (χ4v) is 5.72. The summed E-state index contributed by atoms with van der Waals surface area (Å²) in [6, 6.07) is 19.3. The number of halogens is 1. The number of rotatable bonds is 5. The minimum atomic E-state index is -1.66. The summed E-state index contributed by atoms with van der Waals surface area (Å²) in [5.74, 6) is -0.299. The number of carbonyl (C=O) groups is 2. The fourth-order valence-electron chi connectivity index (χ4n) is 5.54. The molecule has 3 heterocycles. The summed E-state index contributed by atoms with van der Waals surface area (Å²) in [5, 5.41) is 0.586. The first-order chi connectivity index (χ1) is 17.9. The van der Waals surface area contributed by atoms with Crippen LogP contribution >= 0.6 is 11.6 Å². The Hall–Kier alpha value is -4.10. The molecular weight excluding hydrogens is 492 g/mol. The summed E-state index contributed by atoms with van der Waals surface area (Å²) in [6.07, 6.45) is 0.706. The number of benzene rings is 3. The first kappa shape index (κ1) is 23.3. The third-order valence-corrected chi connectivity index (χ3v) is 7.38. The molecule has 0 unspecified atom stereocenters. The van der Waals surface area contributed by atoms with Crippen molar-refractivity contribution in [2.75, 3.05) is 18.6 Å². The van der Waals surface area contributed by atoms with E-state index < -0.39 is 16.9 Å². The van der Waals surface area contributed by atoms with Crippen molar-refractivity contribution in [1.82, 2.24) is 4.90 Å². The highest BCUT2D eigenvalue weighted by Crippen LogP contribution is 2.53. The molecule has 0 aliphatic carbocycles. The Morgan fingerprint density at radius 2 is 1.76 bits per heavy atom. The first-order valence-corrected chi connectivity index (χ1v) is 12.4. The van der Waals surface area contributed by atoms with E-state index in [4.69, 9.17) is 20.8 Å². The van der Waals surface area contributed by atoms with Gasteiger partial charge in [0.2, 0.25) is 5.76 Å². The first-order valence-electron chi connectivity index (χ1n) is 12.0. The Labute approximate surface area is 217 Å². The molecule has 6 rings (SSSR count). The highest BCUT2D eigenvalue weighted by Gasteiger charge is 2.64. The monoisotopic (exact) mass is 514 g/mol. The molecule has 0 N–H and O–H groups in total. The van der Waals surface area contributed by atoms with E-state index in [0.29, 0.717) is 35.0 Å². The van der Waals surface area contributed by atoms with Crippen molar-refractivity contribution >= 4 is 40.1 Å². The van der Waals surface area contributed by atoms with E-state index in [1.54, 1.807) is 36.3 Å². The molecule has 2 aliphatic heterocycles. The number of amides is 2. The molecule has 0 saturated heterocycles. The zero-order chi connectivity index (χ0) is 25.9. The standard InChI is InChI=1S/C29H23ClN2O5/c1-3-14-31-22-7-5-4-6-21(22)29(28(31)35)24-25(33)20-15-18(30)10-13-23(20)37-26(24)27(34)32(29)16-17-8-11-19(36-2)12-9-17/h4-13,15H,3,14,16H2,1-2H3/t29-/m0/s1. The Kier molecular flexibility index (Phi) is 5.35. The molecular formula is C29H23ClN2O5. The number of anilines is 1. The van der Waals surface area contributed by atoms with Crippen molar-refractivity contribution in [2.45, 2.75) is 25.4 Å². The maximum atomic E-state index is 14.4. The van der Waals surface area contributed by atoms with Crippen LogP contribution in [0.4, 0.5) is 5.69 Å². The molecule has 4 aromatic rings. The fraction of sp³-hybridized carbons (Fsp3) is 0.207. The van der Waals surface area contributed by atoms with Crippen molar-refractivity contribution in [2.24, 2.45) is 0 Å². The lowest BCUT2D eigenvalue weighted by Crippen LogP contribution is -2.53. The Balaban J connectivity index is 1.67. The number of para-hydroxylation sites is 1. The summed E-state index contributed by atoms with van der Waals surface area (Å²) in [6.45, 7) is 2.51. The SMILES string of the molecule is CCCN1C(=O)[C@]2(c3ccccc31)c1c(oc3ccc(Cl)cc3c1=O)C(=O)N2Cc1ccc(OC)cc1. The molecule has 8 heteroatoms. The number of hydrogen-bond acceptors (Lipinski definition) is 5. The van der Waals surface area contributed by atoms with Crippen LogP contribution in [-0.4, -0.2) is 30.4 Å². The summed E-state index contributed by atoms with van der Waals surface area (Å²) < 4.78 is 11.3. The third kappa shape index (κ3) is 3.17. The van der Waals surface area contributed by atoms with E-state index in [1.165, 1.54) is 11.0 Å². The summed E-state index contributed by atoms with van der Waals surface area (Å²) >= 11 is 6.21. The molecule has 2 aliphatic rings. The highest BCUT2D eigenvalue weighted by molar-refractivity contribution is 6.31. The van der Waals surface area contributed by atoms with Crippen molar-refractivity contribution in [1.29, 1.82) is 0 Å². The molecule has 3 aromatic carbocycles. The van der Waals surface area contributed by atoms with Gasteiger partial charge in [-0.2, -0.15) is 0 Å². The van der Waals surface area contributed by atoms with Gasteiger partial charge in [-0.05, 0) is 48.4 Å². The van der Waals surface area contributed by atoms with Crippen LogP contribution in [0.15, 0.2) is 75.9 Å². The number of nitrogens with zero attached hydrogens (tertiary/aromatic N) is 2. The zero-order valence-electron chi connectivity index (χ0n) is 20.3. The maximum Gasteiger partial charge on any atom is 0.291 e. The van der Waals surface area contributed by atoms with E-state index in [-0.39, 0.29) is 34.7 Å². The van der Waals surface area contributed by atoms with Crippen LogP contribution < -0.4 is 15.1 Å².